The monoisotopic (exact) mass is 285 g/mol. The fraction of sp³-hybridized carbons (Fsp3) is 0.417. The molecule has 1 aromatic rings. The first-order valence-corrected chi connectivity index (χ1v) is 5.98. The summed E-state index contributed by atoms with van der Waals surface area (Å²) >= 11 is 3.39. The number of halogens is 1. The lowest BCUT2D eigenvalue weighted by Gasteiger charge is -2.14. The third-order valence-corrected chi connectivity index (χ3v) is 3.00. The van der Waals surface area contributed by atoms with Gasteiger partial charge in [0, 0.05) is 11.0 Å². The van der Waals surface area contributed by atoms with Gasteiger partial charge in [0.1, 0.15) is 0 Å². The van der Waals surface area contributed by atoms with Gasteiger partial charge in [0.25, 0.3) is 0 Å². The first-order chi connectivity index (χ1) is 7.45. The van der Waals surface area contributed by atoms with Crippen LogP contribution in [0.25, 0.3) is 0 Å². The Kier molecular flexibility index (Phi) is 4.50. The van der Waals surface area contributed by atoms with Crippen molar-refractivity contribution in [1.29, 1.82) is 0 Å². The number of carboxylic acids is 1. The summed E-state index contributed by atoms with van der Waals surface area (Å²) in [5.41, 5.74) is 7.36. The molecule has 88 valence electrons. The summed E-state index contributed by atoms with van der Waals surface area (Å²) in [6.07, 6.45) is 0. The van der Waals surface area contributed by atoms with Gasteiger partial charge in [-0.05, 0) is 29.2 Å². The maximum atomic E-state index is 11.0. The van der Waals surface area contributed by atoms with Gasteiger partial charge < -0.3 is 10.8 Å². The van der Waals surface area contributed by atoms with E-state index in [4.69, 9.17) is 10.8 Å². The lowest BCUT2D eigenvalue weighted by Crippen LogP contribution is -2.21. The smallest absolute Gasteiger partial charge is 0.312 e. The van der Waals surface area contributed by atoms with Crippen LogP contribution in [0, 0.1) is 0 Å². The van der Waals surface area contributed by atoms with Crippen LogP contribution in [-0.2, 0) is 4.79 Å². The van der Waals surface area contributed by atoms with Gasteiger partial charge in [-0.15, -0.1) is 0 Å². The largest absolute Gasteiger partial charge is 0.481 e. The Hall–Kier alpha value is -0.870. The van der Waals surface area contributed by atoms with Crippen molar-refractivity contribution in [1.82, 2.24) is 0 Å². The van der Waals surface area contributed by atoms with Crippen molar-refractivity contribution in [3.8, 4) is 0 Å². The summed E-state index contributed by atoms with van der Waals surface area (Å²) in [5, 5.41) is 9.05. The number of hydrogen-bond donors (Lipinski definition) is 2. The molecule has 0 heterocycles. The maximum absolute atomic E-state index is 11.0. The fourth-order valence-electron chi connectivity index (χ4n) is 1.55. The van der Waals surface area contributed by atoms with Crippen LogP contribution in [-0.4, -0.2) is 17.6 Å². The normalized spacial score (nSPS) is 12.8. The molecule has 3 nitrogen and oxygen atoms in total. The average Bonchev–Trinajstić information content (AvgIpc) is 2.17. The Morgan fingerprint density at radius 2 is 1.94 bits per heavy atom. The summed E-state index contributed by atoms with van der Waals surface area (Å²) in [6, 6.07) is 5.74. The second kappa shape index (κ2) is 5.46. The zero-order chi connectivity index (χ0) is 12.3. The Morgan fingerprint density at radius 1 is 1.38 bits per heavy atom. The molecule has 0 spiro atoms. The molecule has 1 aromatic carbocycles. The summed E-state index contributed by atoms with van der Waals surface area (Å²) in [6.45, 7) is 4.26. The topological polar surface area (TPSA) is 63.3 Å². The highest BCUT2D eigenvalue weighted by Crippen LogP contribution is 2.26. The Balaban J connectivity index is 3.17. The van der Waals surface area contributed by atoms with Crippen molar-refractivity contribution in [2.45, 2.75) is 25.7 Å². The Morgan fingerprint density at radius 3 is 2.38 bits per heavy atom. The van der Waals surface area contributed by atoms with E-state index in [1.165, 1.54) is 0 Å². The Labute approximate surface area is 104 Å². The summed E-state index contributed by atoms with van der Waals surface area (Å²) in [7, 11) is 0. The van der Waals surface area contributed by atoms with E-state index < -0.39 is 11.9 Å². The molecule has 1 rings (SSSR count). The molecule has 16 heavy (non-hydrogen) atoms. The summed E-state index contributed by atoms with van der Waals surface area (Å²) in [4.78, 5) is 11.0. The van der Waals surface area contributed by atoms with E-state index >= 15 is 0 Å². The zero-order valence-corrected chi connectivity index (χ0v) is 11.0. The van der Waals surface area contributed by atoms with Crippen LogP contribution in [0.15, 0.2) is 22.7 Å². The van der Waals surface area contributed by atoms with E-state index in [0.29, 0.717) is 5.92 Å². The van der Waals surface area contributed by atoms with E-state index in [1.807, 2.05) is 18.2 Å². The molecule has 0 aromatic heterocycles. The molecular weight excluding hydrogens is 270 g/mol. The van der Waals surface area contributed by atoms with Crippen molar-refractivity contribution in [2.75, 3.05) is 6.54 Å². The Bertz CT molecular complexity index is 391. The van der Waals surface area contributed by atoms with Crippen molar-refractivity contribution in [3.63, 3.8) is 0 Å². The molecule has 0 saturated heterocycles. The molecule has 0 radical (unpaired) electrons. The lowest BCUT2D eigenvalue weighted by molar-refractivity contribution is -0.138. The van der Waals surface area contributed by atoms with E-state index in [9.17, 15) is 4.79 Å². The number of hydrogen-bond acceptors (Lipinski definition) is 2. The zero-order valence-electron chi connectivity index (χ0n) is 9.40. The SMILES string of the molecule is CC(C)c1cc(Br)cc(C(CN)C(=O)O)c1. The summed E-state index contributed by atoms with van der Waals surface area (Å²) < 4.78 is 0.897. The number of benzene rings is 1. The molecule has 0 aliphatic heterocycles. The van der Waals surface area contributed by atoms with Gasteiger partial charge >= 0.3 is 5.97 Å². The minimum absolute atomic E-state index is 0.114. The van der Waals surface area contributed by atoms with Crippen molar-refractivity contribution < 1.29 is 9.90 Å². The van der Waals surface area contributed by atoms with Gasteiger partial charge in [-0.2, -0.15) is 0 Å². The highest BCUT2D eigenvalue weighted by Gasteiger charge is 2.19. The molecule has 1 unspecified atom stereocenters. The van der Waals surface area contributed by atoms with Crippen LogP contribution in [0.4, 0.5) is 0 Å². The van der Waals surface area contributed by atoms with Crippen LogP contribution in [0.3, 0.4) is 0 Å². The molecule has 0 aliphatic rings. The van der Waals surface area contributed by atoms with Gasteiger partial charge in [0.05, 0.1) is 5.92 Å². The molecule has 4 heteroatoms. The molecule has 0 bridgehead atoms. The van der Waals surface area contributed by atoms with Crippen LogP contribution >= 0.6 is 15.9 Å². The van der Waals surface area contributed by atoms with Crippen LogP contribution < -0.4 is 5.73 Å². The molecule has 0 aliphatic carbocycles. The van der Waals surface area contributed by atoms with Gasteiger partial charge in [-0.3, -0.25) is 4.79 Å². The predicted octanol–water partition coefficient (Wildman–Crippen LogP) is 2.70. The van der Waals surface area contributed by atoms with E-state index in [2.05, 4.69) is 29.8 Å². The third-order valence-electron chi connectivity index (χ3n) is 2.55. The maximum Gasteiger partial charge on any atom is 0.312 e. The van der Waals surface area contributed by atoms with Crippen LogP contribution in [0.2, 0.25) is 0 Å². The fourth-order valence-corrected chi connectivity index (χ4v) is 2.08. The van der Waals surface area contributed by atoms with Gasteiger partial charge in [-0.25, -0.2) is 0 Å². The molecule has 0 amide bonds. The number of carbonyl (C=O) groups is 1. The van der Waals surface area contributed by atoms with Gasteiger partial charge in [0.15, 0.2) is 0 Å². The van der Waals surface area contributed by atoms with E-state index in [-0.39, 0.29) is 6.54 Å². The third kappa shape index (κ3) is 3.06. The van der Waals surface area contributed by atoms with Crippen LogP contribution in [0.1, 0.15) is 36.8 Å². The lowest BCUT2D eigenvalue weighted by atomic mass is 9.94. The molecule has 0 fully saturated rings. The molecule has 3 N–H and O–H groups in total. The number of aliphatic carboxylic acids is 1. The first-order valence-electron chi connectivity index (χ1n) is 5.19. The number of rotatable bonds is 4. The highest BCUT2D eigenvalue weighted by molar-refractivity contribution is 9.10. The standard InChI is InChI=1S/C12H16BrNO2/c1-7(2)8-3-9(5-10(13)4-8)11(6-14)12(15)16/h3-5,7,11H,6,14H2,1-2H3,(H,15,16). The van der Waals surface area contributed by atoms with Crippen LogP contribution in [0.5, 0.6) is 0 Å². The minimum Gasteiger partial charge on any atom is -0.481 e. The van der Waals surface area contributed by atoms with Crippen molar-refractivity contribution >= 4 is 21.9 Å². The second-order valence-electron chi connectivity index (χ2n) is 4.10. The van der Waals surface area contributed by atoms with E-state index in [1.54, 1.807) is 0 Å². The van der Waals surface area contributed by atoms with Gasteiger partial charge in [0.2, 0.25) is 0 Å². The first kappa shape index (κ1) is 13.2. The molecule has 0 saturated carbocycles. The average molecular weight is 286 g/mol. The van der Waals surface area contributed by atoms with Crippen molar-refractivity contribution in [3.05, 3.63) is 33.8 Å². The molecule has 1 atom stereocenters. The predicted molar refractivity (Wildman–Crippen MR) is 67.7 cm³/mol. The van der Waals surface area contributed by atoms with Crippen molar-refractivity contribution in [2.24, 2.45) is 5.73 Å². The molecular formula is C12H16BrNO2. The number of carboxylic acid groups (broad SMARTS) is 1. The highest BCUT2D eigenvalue weighted by atomic mass is 79.9. The quantitative estimate of drug-likeness (QED) is 0.894. The second-order valence-corrected chi connectivity index (χ2v) is 5.01. The summed E-state index contributed by atoms with van der Waals surface area (Å²) in [5.74, 6) is -1.14. The minimum atomic E-state index is -0.879. The van der Waals surface area contributed by atoms with Gasteiger partial charge in [-0.1, -0.05) is 35.8 Å². The number of nitrogens with two attached hydrogens (primary N) is 1. The van der Waals surface area contributed by atoms with E-state index in [0.717, 1.165) is 15.6 Å².